The molecular weight excluding hydrogens is 326 g/mol. The van der Waals surface area contributed by atoms with E-state index >= 15 is 0 Å². The fraction of sp³-hybridized carbons (Fsp3) is 0.350. The topological polar surface area (TPSA) is 62.5 Å². The van der Waals surface area contributed by atoms with E-state index in [0.717, 1.165) is 43.9 Å². The number of nitrogens with one attached hydrogen (secondary N) is 1. The molecule has 0 spiro atoms. The van der Waals surface area contributed by atoms with Crippen LogP contribution in [-0.4, -0.2) is 39.6 Å². The Morgan fingerprint density at radius 2 is 1.81 bits per heavy atom. The zero-order valence-electron chi connectivity index (χ0n) is 14.7. The van der Waals surface area contributed by atoms with Crippen LogP contribution in [0.1, 0.15) is 24.8 Å². The van der Waals surface area contributed by atoms with Crippen LogP contribution >= 0.6 is 0 Å². The third-order valence-corrected chi connectivity index (χ3v) is 4.92. The van der Waals surface area contributed by atoms with Gasteiger partial charge in [-0.05, 0) is 37.0 Å². The molecule has 4 rings (SSSR count). The number of carbonyl (C=O) groups is 1. The van der Waals surface area contributed by atoms with Gasteiger partial charge in [-0.1, -0.05) is 36.4 Å². The highest BCUT2D eigenvalue weighted by atomic mass is 16.1. The molecule has 3 heterocycles. The van der Waals surface area contributed by atoms with Crippen molar-refractivity contribution in [1.29, 1.82) is 0 Å². The molecule has 0 radical (unpaired) electrons. The van der Waals surface area contributed by atoms with Crippen molar-refractivity contribution in [2.75, 3.05) is 18.0 Å². The normalized spacial score (nSPS) is 15.3. The number of hydrogen-bond donors (Lipinski definition) is 1. The van der Waals surface area contributed by atoms with E-state index in [4.69, 9.17) is 0 Å². The van der Waals surface area contributed by atoms with Gasteiger partial charge in [-0.3, -0.25) is 9.20 Å². The van der Waals surface area contributed by atoms with Gasteiger partial charge in [0.05, 0.1) is 0 Å². The smallest absolute Gasteiger partial charge is 0.231 e. The van der Waals surface area contributed by atoms with Crippen LogP contribution in [-0.2, 0) is 11.2 Å². The maximum atomic E-state index is 12.2. The average Bonchev–Trinajstić information content (AvgIpc) is 3.12. The Labute approximate surface area is 152 Å². The average molecular weight is 349 g/mol. The first kappa shape index (κ1) is 16.6. The van der Waals surface area contributed by atoms with Gasteiger partial charge in [0.15, 0.2) is 5.65 Å². The molecule has 26 heavy (non-hydrogen) atoms. The van der Waals surface area contributed by atoms with E-state index in [-0.39, 0.29) is 11.9 Å². The van der Waals surface area contributed by atoms with E-state index in [1.54, 1.807) is 0 Å². The number of aromatic nitrogens is 3. The highest BCUT2D eigenvalue weighted by molar-refractivity contribution is 5.76. The summed E-state index contributed by atoms with van der Waals surface area (Å²) in [4.78, 5) is 14.5. The van der Waals surface area contributed by atoms with Crippen LogP contribution in [0.5, 0.6) is 0 Å². The van der Waals surface area contributed by atoms with Crippen LogP contribution in [0.25, 0.3) is 5.65 Å². The quantitative estimate of drug-likeness (QED) is 0.768. The largest absolute Gasteiger partial charge is 0.353 e. The van der Waals surface area contributed by atoms with E-state index in [0.29, 0.717) is 6.42 Å². The second kappa shape index (κ2) is 7.56. The number of anilines is 1. The van der Waals surface area contributed by atoms with E-state index < -0.39 is 0 Å². The summed E-state index contributed by atoms with van der Waals surface area (Å²) in [6.07, 6.45) is 5.18. The van der Waals surface area contributed by atoms with Gasteiger partial charge in [0, 0.05) is 31.7 Å². The lowest BCUT2D eigenvalue weighted by atomic mass is 10.0. The summed E-state index contributed by atoms with van der Waals surface area (Å²) < 4.78 is 2.01. The van der Waals surface area contributed by atoms with Crippen LogP contribution in [0, 0.1) is 0 Å². The molecule has 0 saturated carbocycles. The van der Waals surface area contributed by atoms with Gasteiger partial charge in [-0.2, -0.15) is 0 Å². The number of hydrogen-bond acceptors (Lipinski definition) is 4. The maximum absolute atomic E-state index is 12.2. The van der Waals surface area contributed by atoms with Gasteiger partial charge in [0.25, 0.3) is 0 Å². The van der Waals surface area contributed by atoms with Crippen molar-refractivity contribution in [3.8, 4) is 0 Å². The first-order valence-electron chi connectivity index (χ1n) is 9.17. The number of pyridine rings is 1. The second-order valence-corrected chi connectivity index (χ2v) is 6.74. The molecule has 1 aliphatic heterocycles. The van der Waals surface area contributed by atoms with Crippen molar-refractivity contribution < 1.29 is 4.79 Å². The van der Waals surface area contributed by atoms with Crippen molar-refractivity contribution >= 4 is 17.5 Å². The number of aryl methyl sites for hydroxylation is 1. The molecule has 1 aromatic carbocycles. The molecule has 3 aromatic rings. The highest BCUT2D eigenvalue weighted by Gasteiger charge is 2.23. The molecule has 6 nitrogen and oxygen atoms in total. The Balaban J connectivity index is 1.28. The lowest BCUT2D eigenvalue weighted by Crippen LogP contribution is -2.45. The van der Waals surface area contributed by atoms with Gasteiger partial charge < -0.3 is 10.2 Å². The first-order chi connectivity index (χ1) is 12.8. The van der Waals surface area contributed by atoms with E-state index in [2.05, 4.69) is 32.5 Å². The van der Waals surface area contributed by atoms with Crippen LogP contribution in [0.2, 0.25) is 0 Å². The Morgan fingerprint density at radius 3 is 2.62 bits per heavy atom. The first-order valence-corrected chi connectivity index (χ1v) is 9.17. The number of nitrogens with zero attached hydrogens (tertiary/aromatic N) is 4. The highest BCUT2D eigenvalue weighted by Crippen LogP contribution is 2.19. The zero-order valence-corrected chi connectivity index (χ0v) is 14.7. The molecule has 1 amide bonds. The molecule has 1 aliphatic rings. The molecule has 0 aliphatic carbocycles. The summed E-state index contributed by atoms with van der Waals surface area (Å²) in [6, 6.07) is 16.3. The lowest BCUT2D eigenvalue weighted by Gasteiger charge is -2.32. The summed E-state index contributed by atoms with van der Waals surface area (Å²) in [5, 5.41) is 11.7. The van der Waals surface area contributed by atoms with Crippen LogP contribution in [0.4, 0.5) is 5.95 Å². The minimum Gasteiger partial charge on any atom is -0.353 e. The van der Waals surface area contributed by atoms with Gasteiger partial charge in [-0.25, -0.2) is 0 Å². The van der Waals surface area contributed by atoms with E-state index in [1.807, 2.05) is 47.0 Å². The third-order valence-electron chi connectivity index (χ3n) is 4.92. The summed E-state index contributed by atoms with van der Waals surface area (Å²) >= 11 is 0. The Bertz CT molecular complexity index is 868. The fourth-order valence-electron chi connectivity index (χ4n) is 3.47. The SMILES string of the molecule is O=C(CCc1ccccc1)NC1CCN(c2nnc3ccccn23)CC1. The van der Waals surface area contributed by atoms with Gasteiger partial charge in [0.1, 0.15) is 0 Å². The van der Waals surface area contributed by atoms with Gasteiger partial charge in [-0.15, -0.1) is 10.2 Å². The van der Waals surface area contributed by atoms with Crippen molar-refractivity contribution in [2.45, 2.75) is 31.7 Å². The molecule has 6 heteroatoms. The zero-order chi connectivity index (χ0) is 17.8. The number of benzene rings is 1. The molecular formula is C20H23N5O. The predicted octanol–water partition coefficient (Wildman–Crippen LogP) is 2.45. The minimum atomic E-state index is 0.139. The minimum absolute atomic E-state index is 0.139. The van der Waals surface area contributed by atoms with Gasteiger partial charge in [0.2, 0.25) is 11.9 Å². The molecule has 1 N–H and O–H groups in total. The van der Waals surface area contributed by atoms with Crippen molar-refractivity contribution in [3.05, 3.63) is 60.3 Å². The van der Waals surface area contributed by atoms with Crippen LogP contribution in [0.15, 0.2) is 54.7 Å². The second-order valence-electron chi connectivity index (χ2n) is 6.74. The molecule has 0 bridgehead atoms. The predicted molar refractivity (Wildman–Crippen MR) is 101 cm³/mol. The number of amides is 1. The molecule has 1 fully saturated rings. The molecule has 0 atom stereocenters. The molecule has 1 saturated heterocycles. The monoisotopic (exact) mass is 349 g/mol. The maximum Gasteiger partial charge on any atom is 0.231 e. The third kappa shape index (κ3) is 3.69. The van der Waals surface area contributed by atoms with Crippen molar-refractivity contribution in [3.63, 3.8) is 0 Å². The van der Waals surface area contributed by atoms with Crippen molar-refractivity contribution in [1.82, 2.24) is 19.9 Å². The lowest BCUT2D eigenvalue weighted by molar-refractivity contribution is -0.121. The number of rotatable bonds is 5. The van der Waals surface area contributed by atoms with Crippen LogP contribution in [0.3, 0.4) is 0 Å². The molecule has 2 aromatic heterocycles. The Morgan fingerprint density at radius 1 is 1.04 bits per heavy atom. The van der Waals surface area contributed by atoms with E-state index in [9.17, 15) is 4.79 Å². The summed E-state index contributed by atoms with van der Waals surface area (Å²) in [7, 11) is 0. The molecule has 0 unspecified atom stereocenters. The summed E-state index contributed by atoms with van der Waals surface area (Å²) in [5.41, 5.74) is 2.06. The fourth-order valence-corrected chi connectivity index (χ4v) is 3.47. The Kier molecular flexibility index (Phi) is 4.82. The standard InChI is InChI=1S/C20H23N5O/c26-19(10-9-16-6-2-1-3-7-16)21-17-11-14-24(15-12-17)20-23-22-18-8-4-5-13-25(18)20/h1-8,13,17H,9-12,14-15H2,(H,21,26). The van der Waals surface area contributed by atoms with Crippen molar-refractivity contribution in [2.24, 2.45) is 0 Å². The Hall–Kier alpha value is -2.89. The van der Waals surface area contributed by atoms with E-state index in [1.165, 1.54) is 5.56 Å². The number of fused-ring (bicyclic) bond motifs is 1. The summed E-state index contributed by atoms with van der Waals surface area (Å²) in [5.74, 6) is 1.02. The van der Waals surface area contributed by atoms with Crippen LogP contribution < -0.4 is 10.2 Å². The molecule has 134 valence electrons. The number of piperidine rings is 1. The number of carbonyl (C=O) groups excluding carboxylic acids is 1. The summed E-state index contributed by atoms with van der Waals surface area (Å²) in [6.45, 7) is 1.75. The van der Waals surface area contributed by atoms with Gasteiger partial charge >= 0.3 is 0 Å².